The predicted octanol–water partition coefficient (Wildman–Crippen LogP) is 1.70. The van der Waals surface area contributed by atoms with Crippen LogP contribution in [-0.4, -0.2) is 22.4 Å². The van der Waals surface area contributed by atoms with E-state index < -0.39 is 0 Å². The molecule has 3 N–H and O–H groups in total. The largest absolute Gasteiger partial charge is 0.378 e. The van der Waals surface area contributed by atoms with Gasteiger partial charge in [-0.25, -0.2) is 4.68 Å². The second-order valence-corrected chi connectivity index (χ2v) is 5.96. The number of anilines is 1. The van der Waals surface area contributed by atoms with Crippen LogP contribution in [0.15, 0.2) is 11.0 Å². The third kappa shape index (κ3) is 3.48. The van der Waals surface area contributed by atoms with Crippen LogP contribution < -0.4 is 16.6 Å². The highest BCUT2D eigenvalue weighted by atomic mass is 35.5. The van der Waals surface area contributed by atoms with Crippen LogP contribution in [0.2, 0.25) is 5.02 Å². The van der Waals surface area contributed by atoms with E-state index in [1.807, 2.05) is 13.8 Å². The highest BCUT2D eigenvalue weighted by Crippen LogP contribution is 2.34. The molecule has 0 amide bonds. The Morgan fingerprint density at radius 1 is 1.58 bits per heavy atom. The van der Waals surface area contributed by atoms with E-state index in [1.165, 1.54) is 17.5 Å². The van der Waals surface area contributed by atoms with Crippen molar-refractivity contribution in [1.29, 1.82) is 0 Å². The van der Waals surface area contributed by atoms with Crippen LogP contribution >= 0.6 is 11.6 Å². The lowest BCUT2D eigenvalue weighted by Crippen LogP contribution is -2.33. The topological polar surface area (TPSA) is 72.9 Å². The third-order valence-electron chi connectivity index (χ3n) is 3.31. The molecule has 0 aliphatic heterocycles. The van der Waals surface area contributed by atoms with Gasteiger partial charge < -0.3 is 11.1 Å². The molecule has 1 atom stereocenters. The number of hydrogen-bond acceptors (Lipinski definition) is 4. The summed E-state index contributed by atoms with van der Waals surface area (Å²) in [6.07, 6.45) is 3.99. The molecule has 0 spiro atoms. The molecule has 1 aromatic heterocycles. The van der Waals surface area contributed by atoms with E-state index in [9.17, 15) is 4.79 Å². The average molecular weight is 285 g/mol. The van der Waals surface area contributed by atoms with Crippen LogP contribution in [-0.2, 0) is 6.54 Å². The minimum Gasteiger partial charge on any atom is -0.378 e. The Balaban J connectivity index is 2.18. The first-order chi connectivity index (χ1) is 9.02. The summed E-state index contributed by atoms with van der Waals surface area (Å²) < 4.78 is 1.41. The Bertz CT molecular complexity index is 496. The van der Waals surface area contributed by atoms with Gasteiger partial charge in [-0.2, -0.15) is 5.10 Å². The average Bonchev–Trinajstić information content (AvgIpc) is 3.18. The predicted molar refractivity (Wildman–Crippen MR) is 77.5 cm³/mol. The molecule has 19 heavy (non-hydrogen) atoms. The van der Waals surface area contributed by atoms with Gasteiger partial charge in [0.1, 0.15) is 5.02 Å². The van der Waals surface area contributed by atoms with Crippen LogP contribution in [0.1, 0.15) is 26.7 Å². The molecule has 1 aromatic rings. The monoisotopic (exact) mass is 284 g/mol. The highest BCUT2D eigenvalue weighted by molar-refractivity contribution is 6.32. The van der Waals surface area contributed by atoms with Gasteiger partial charge in [-0.15, -0.1) is 0 Å². The number of hydrogen-bond donors (Lipinski definition) is 2. The number of rotatable bonds is 6. The van der Waals surface area contributed by atoms with Gasteiger partial charge in [-0.3, -0.25) is 4.79 Å². The summed E-state index contributed by atoms with van der Waals surface area (Å²) in [7, 11) is 0. The maximum Gasteiger partial charge on any atom is 0.287 e. The summed E-state index contributed by atoms with van der Waals surface area (Å²) in [5.41, 5.74) is 6.08. The first-order valence-electron chi connectivity index (χ1n) is 6.75. The second kappa shape index (κ2) is 5.92. The van der Waals surface area contributed by atoms with Crippen molar-refractivity contribution in [2.45, 2.75) is 39.3 Å². The Morgan fingerprint density at radius 3 is 2.79 bits per heavy atom. The molecule has 1 heterocycles. The molecule has 1 unspecified atom stereocenters. The summed E-state index contributed by atoms with van der Waals surface area (Å²) >= 11 is 6.13. The van der Waals surface area contributed by atoms with Crippen molar-refractivity contribution in [2.24, 2.45) is 17.6 Å². The zero-order chi connectivity index (χ0) is 14.0. The first-order valence-corrected chi connectivity index (χ1v) is 7.13. The normalized spacial score (nSPS) is 16.7. The van der Waals surface area contributed by atoms with E-state index in [0.29, 0.717) is 30.6 Å². The Morgan fingerprint density at radius 2 is 2.26 bits per heavy atom. The lowest BCUT2D eigenvalue weighted by Gasteiger charge is -2.18. The summed E-state index contributed by atoms with van der Waals surface area (Å²) in [6, 6.07) is 0.180. The molecule has 0 aromatic carbocycles. The third-order valence-corrected chi connectivity index (χ3v) is 3.67. The zero-order valence-electron chi connectivity index (χ0n) is 11.4. The molecule has 2 rings (SSSR count). The first kappa shape index (κ1) is 14.3. The minimum atomic E-state index is -0.244. The molecule has 0 bridgehead atoms. The highest BCUT2D eigenvalue weighted by Gasteiger charge is 2.30. The Kier molecular flexibility index (Phi) is 4.47. The van der Waals surface area contributed by atoms with Crippen molar-refractivity contribution in [3.8, 4) is 0 Å². The van der Waals surface area contributed by atoms with E-state index in [2.05, 4.69) is 10.4 Å². The number of halogens is 1. The smallest absolute Gasteiger partial charge is 0.287 e. The molecule has 1 aliphatic carbocycles. The summed E-state index contributed by atoms with van der Waals surface area (Å²) in [5, 5.41) is 7.61. The zero-order valence-corrected chi connectivity index (χ0v) is 12.2. The molecular formula is C13H21ClN4O. The molecular weight excluding hydrogens is 264 g/mol. The van der Waals surface area contributed by atoms with Crippen molar-refractivity contribution in [3.63, 3.8) is 0 Å². The van der Waals surface area contributed by atoms with Gasteiger partial charge in [0.05, 0.1) is 11.9 Å². The van der Waals surface area contributed by atoms with Crippen molar-refractivity contribution >= 4 is 17.3 Å². The molecule has 0 saturated heterocycles. The SMILES string of the molecule is CC(C)Cn1ncc(NC(CN)C2CC2)c(Cl)c1=O. The maximum atomic E-state index is 12.1. The van der Waals surface area contributed by atoms with Gasteiger partial charge in [0, 0.05) is 19.1 Å². The van der Waals surface area contributed by atoms with Gasteiger partial charge in [0.15, 0.2) is 0 Å². The van der Waals surface area contributed by atoms with E-state index in [-0.39, 0.29) is 16.6 Å². The quantitative estimate of drug-likeness (QED) is 0.834. The van der Waals surface area contributed by atoms with E-state index in [1.54, 1.807) is 6.20 Å². The molecule has 6 heteroatoms. The van der Waals surface area contributed by atoms with Gasteiger partial charge in [0.2, 0.25) is 0 Å². The van der Waals surface area contributed by atoms with Gasteiger partial charge in [0.25, 0.3) is 5.56 Å². The molecule has 1 aliphatic rings. The van der Waals surface area contributed by atoms with Crippen LogP contribution in [0.25, 0.3) is 0 Å². The fourth-order valence-electron chi connectivity index (χ4n) is 2.11. The lowest BCUT2D eigenvalue weighted by molar-refractivity contribution is 0.464. The number of nitrogens with zero attached hydrogens (tertiary/aromatic N) is 2. The van der Waals surface area contributed by atoms with E-state index >= 15 is 0 Å². The van der Waals surface area contributed by atoms with E-state index in [0.717, 1.165) is 0 Å². The summed E-state index contributed by atoms with van der Waals surface area (Å²) in [4.78, 5) is 12.1. The summed E-state index contributed by atoms with van der Waals surface area (Å²) in [5.74, 6) is 0.947. The van der Waals surface area contributed by atoms with Crippen molar-refractivity contribution in [1.82, 2.24) is 9.78 Å². The van der Waals surface area contributed by atoms with Gasteiger partial charge in [-0.1, -0.05) is 25.4 Å². The van der Waals surface area contributed by atoms with Crippen LogP contribution in [0.4, 0.5) is 5.69 Å². The van der Waals surface area contributed by atoms with Crippen molar-refractivity contribution < 1.29 is 0 Å². The molecule has 5 nitrogen and oxygen atoms in total. The number of aromatic nitrogens is 2. The second-order valence-electron chi connectivity index (χ2n) is 5.58. The van der Waals surface area contributed by atoms with Crippen LogP contribution in [0, 0.1) is 11.8 Å². The van der Waals surface area contributed by atoms with Gasteiger partial charge in [-0.05, 0) is 24.7 Å². The maximum absolute atomic E-state index is 12.1. The minimum absolute atomic E-state index is 0.180. The van der Waals surface area contributed by atoms with E-state index in [4.69, 9.17) is 17.3 Å². The Hall–Kier alpha value is -1.07. The molecule has 0 radical (unpaired) electrons. The fraction of sp³-hybridized carbons (Fsp3) is 0.692. The summed E-state index contributed by atoms with van der Waals surface area (Å²) in [6.45, 7) is 5.18. The molecule has 106 valence electrons. The Labute approximate surface area is 118 Å². The standard InChI is InChI=1S/C13H21ClN4O/c1-8(2)7-18-13(19)12(14)11(6-16-18)17-10(5-15)9-3-4-9/h6,8-10,17H,3-5,7,15H2,1-2H3. The molecule has 1 fully saturated rings. The fourth-order valence-corrected chi connectivity index (χ4v) is 2.31. The lowest BCUT2D eigenvalue weighted by atomic mass is 10.2. The molecule has 1 saturated carbocycles. The van der Waals surface area contributed by atoms with Crippen LogP contribution in [0.3, 0.4) is 0 Å². The van der Waals surface area contributed by atoms with Gasteiger partial charge >= 0.3 is 0 Å². The van der Waals surface area contributed by atoms with Crippen molar-refractivity contribution in [2.75, 3.05) is 11.9 Å². The number of nitrogens with two attached hydrogens (primary N) is 1. The van der Waals surface area contributed by atoms with Crippen molar-refractivity contribution in [3.05, 3.63) is 21.6 Å². The number of nitrogens with one attached hydrogen (secondary N) is 1. The van der Waals surface area contributed by atoms with Crippen LogP contribution in [0.5, 0.6) is 0 Å².